The van der Waals surface area contributed by atoms with Crippen LogP contribution in [0.2, 0.25) is 0 Å². The average Bonchev–Trinajstić information content (AvgIpc) is 2.68. The molecule has 0 amide bonds. The van der Waals surface area contributed by atoms with Crippen LogP contribution in [-0.4, -0.2) is 25.7 Å². The summed E-state index contributed by atoms with van der Waals surface area (Å²) in [6.45, 7) is 2.80. The van der Waals surface area contributed by atoms with Crippen LogP contribution < -0.4 is 5.32 Å². The fourth-order valence-electron chi connectivity index (χ4n) is 1.38. The van der Waals surface area contributed by atoms with Crippen molar-refractivity contribution in [1.29, 1.82) is 0 Å². The molecule has 74 valence electrons. The topological polar surface area (TPSA) is 34.1 Å². The second kappa shape index (κ2) is 4.69. The first-order valence-corrected chi connectivity index (χ1v) is 5.25. The van der Waals surface area contributed by atoms with Gasteiger partial charge in [0.25, 0.3) is 0 Å². The molecule has 3 nitrogen and oxygen atoms in total. The van der Waals surface area contributed by atoms with E-state index in [4.69, 9.17) is 4.74 Å². The molecule has 1 aromatic rings. The summed E-state index contributed by atoms with van der Waals surface area (Å²) in [6, 6.07) is 0. The molecule has 13 heavy (non-hydrogen) atoms. The summed E-state index contributed by atoms with van der Waals surface area (Å²) in [7, 11) is 3.67. The zero-order valence-electron chi connectivity index (χ0n) is 8.33. The molecule has 4 heteroatoms. The minimum absolute atomic E-state index is 0.108. The Hall–Kier alpha value is -0.450. The molecular formula is C9H16N2OS. The Kier molecular flexibility index (Phi) is 3.84. The van der Waals surface area contributed by atoms with Crippen molar-refractivity contribution >= 4 is 11.3 Å². The summed E-state index contributed by atoms with van der Waals surface area (Å²) in [5.74, 6) is 0. The molecule has 1 heterocycles. The van der Waals surface area contributed by atoms with Crippen LogP contribution in [0.3, 0.4) is 0 Å². The molecule has 0 saturated heterocycles. The molecular weight excluding hydrogens is 184 g/mol. The molecule has 0 saturated carbocycles. The molecule has 0 radical (unpaired) electrons. The first-order valence-electron chi connectivity index (χ1n) is 4.37. The third kappa shape index (κ3) is 2.07. The molecule has 0 aliphatic heterocycles. The fraction of sp³-hybridized carbons (Fsp3) is 0.667. The van der Waals surface area contributed by atoms with Crippen LogP contribution >= 0.6 is 11.3 Å². The zero-order chi connectivity index (χ0) is 9.73. The van der Waals surface area contributed by atoms with E-state index in [0.29, 0.717) is 6.61 Å². The van der Waals surface area contributed by atoms with Crippen molar-refractivity contribution < 1.29 is 4.74 Å². The number of thiazole rings is 1. The van der Waals surface area contributed by atoms with E-state index in [9.17, 15) is 0 Å². The van der Waals surface area contributed by atoms with Crippen LogP contribution in [-0.2, 0) is 10.3 Å². The maximum absolute atomic E-state index is 5.22. The minimum Gasteiger partial charge on any atom is -0.382 e. The summed E-state index contributed by atoms with van der Waals surface area (Å²) in [5, 5.41) is 6.38. The van der Waals surface area contributed by atoms with Gasteiger partial charge in [0, 0.05) is 18.7 Å². The highest BCUT2D eigenvalue weighted by atomic mass is 32.1. The van der Waals surface area contributed by atoms with Crippen molar-refractivity contribution in [3.63, 3.8) is 0 Å². The number of rotatable bonds is 5. The standard InChI is InChI=1S/C9H16N2OS/c1-4-9(10-2,7-12-3)8-11-5-6-13-8/h5-6,10H,4,7H2,1-3H3. The molecule has 0 fully saturated rings. The van der Waals surface area contributed by atoms with E-state index in [-0.39, 0.29) is 5.54 Å². The van der Waals surface area contributed by atoms with Crippen LogP contribution in [0.1, 0.15) is 18.4 Å². The van der Waals surface area contributed by atoms with Crippen LogP contribution in [0, 0.1) is 0 Å². The van der Waals surface area contributed by atoms with E-state index in [2.05, 4.69) is 17.2 Å². The van der Waals surface area contributed by atoms with Gasteiger partial charge >= 0.3 is 0 Å². The van der Waals surface area contributed by atoms with Crippen LogP contribution in [0.5, 0.6) is 0 Å². The van der Waals surface area contributed by atoms with Crippen molar-refractivity contribution in [3.05, 3.63) is 16.6 Å². The molecule has 0 spiro atoms. The molecule has 1 atom stereocenters. The molecule has 0 aromatic carbocycles. The lowest BCUT2D eigenvalue weighted by Crippen LogP contribution is -2.43. The summed E-state index contributed by atoms with van der Waals surface area (Å²) in [4.78, 5) is 4.33. The molecule has 1 rings (SSSR count). The fourth-order valence-corrected chi connectivity index (χ4v) is 2.28. The molecule has 0 bridgehead atoms. The third-order valence-corrected chi connectivity index (χ3v) is 3.29. The molecule has 1 aromatic heterocycles. The van der Waals surface area contributed by atoms with Gasteiger partial charge in [-0.1, -0.05) is 6.92 Å². The summed E-state index contributed by atoms with van der Waals surface area (Å²) < 4.78 is 5.22. The SMILES string of the molecule is CCC(COC)(NC)c1nccs1. The monoisotopic (exact) mass is 200 g/mol. The van der Waals surface area contributed by atoms with Gasteiger partial charge in [0.2, 0.25) is 0 Å². The van der Waals surface area contributed by atoms with Gasteiger partial charge in [-0.25, -0.2) is 4.98 Å². The summed E-state index contributed by atoms with van der Waals surface area (Å²) >= 11 is 1.67. The molecule has 0 aliphatic rings. The maximum Gasteiger partial charge on any atom is 0.115 e. The van der Waals surface area contributed by atoms with Gasteiger partial charge < -0.3 is 10.1 Å². The zero-order valence-corrected chi connectivity index (χ0v) is 9.15. The third-order valence-electron chi connectivity index (χ3n) is 2.31. The Bertz CT molecular complexity index is 232. The summed E-state index contributed by atoms with van der Waals surface area (Å²) in [6.07, 6.45) is 2.81. The number of likely N-dealkylation sites (N-methyl/N-ethyl adjacent to an activating group) is 1. The lowest BCUT2D eigenvalue weighted by Gasteiger charge is -2.29. The van der Waals surface area contributed by atoms with Crippen molar-refractivity contribution in [2.45, 2.75) is 18.9 Å². The van der Waals surface area contributed by atoms with Gasteiger partial charge in [0.1, 0.15) is 5.01 Å². The maximum atomic E-state index is 5.22. The van der Waals surface area contributed by atoms with Gasteiger partial charge in [-0.3, -0.25) is 0 Å². The van der Waals surface area contributed by atoms with Crippen molar-refractivity contribution in [3.8, 4) is 0 Å². The smallest absolute Gasteiger partial charge is 0.115 e. The van der Waals surface area contributed by atoms with Crippen molar-refractivity contribution in [2.75, 3.05) is 20.8 Å². The predicted octanol–water partition coefficient (Wildman–Crippen LogP) is 1.61. The largest absolute Gasteiger partial charge is 0.382 e. The van der Waals surface area contributed by atoms with Crippen molar-refractivity contribution in [2.24, 2.45) is 0 Å². The first-order chi connectivity index (χ1) is 6.29. The van der Waals surface area contributed by atoms with E-state index < -0.39 is 0 Å². The van der Waals surface area contributed by atoms with E-state index >= 15 is 0 Å². The highest BCUT2D eigenvalue weighted by Gasteiger charge is 2.30. The number of hydrogen-bond donors (Lipinski definition) is 1. The second-order valence-corrected chi connectivity index (χ2v) is 3.85. The highest BCUT2D eigenvalue weighted by Crippen LogP contribution is 2.26. The van der Waals surface area contributed by atoms with E-state index in [1.54, 1.807) is 18.4 Å². The molecule has 1 N–H and O–H groups in total. The average molecular weight is 200 g/mol. The lowest BCUT2D eigenvalue weighted by atomic mass is 9.98. The number of ether oxygens (including phenoxy) is 1. The van der Waals surface area contributed by atoms with Gasteiger partial charge in [-0.05, 0) is 13.5 Å². The van der Waals surface area contributed by atoms with Crippen LogP contribution in [0.4, 0.5) is 0 Å². The van der Waals surface area contributed by atoms with Crippen LogP contribution in [0.15, 0.2) is 11.6 Å². The minimum atomic E-state index is -0.108. The van der Waals surface area contributed by atoms with Gasteiger partial charge in [-0.15, -0.1) is 11.3 Å². The Labute approximate surface area is 83.1 Å². The Morgan fingerprint density at radius 2 is 2.46 bits per heavy atom. The van der Waals surface area contributed by atoms with Crippen molar-refractivity contribution in [1.82, 2.24) is 10.3 Å². The quantitative estimate of drug-likeness (QED) is 0.784. The van der Waals surface area contributed by atoms with Gasteiger partial charge in [0.05, 0.1) is 12.1 Å². The van der Waals surface area contributed by atoms with Gasteiger partial charge in [0.15, 0.2) is 0 Å². The number of hydrogen-bond acceptors (Lipinski definition) is 4. The normalized spacial score (nSPS) is 15.6. The van der Waals surface area contributed by atoms with E-state index in [0.717, 1.165) is 11.4 Å². The second-order valence-electron chi connectivity index (χ2n) is 2.96. The van der Waals surface area contributed by atoms with E-state index in [1.807, 2.05) is 18.6 Å². The van der Waals surface area contributed by atoms with E-state index in [1.165, 1.54) is 0 Å². The summed E-state index contributed by atoms with van der Waals surface area (Å²) in [5.41, 5.74) is -0.108. The highest BCUT2D eigenvalue weighted by molar-refractivity contribution is 7.09. The number of nitrogens with one attached hydrogen (secondary N) is 1. The number of methoxy groups -OCH3 is 1. The predicted molar refractivity (Wildman–Crippen MR) is 55.0 cm³/mol. The van der Waals surface area contributed by atoms with Gasteiger partial charge in [-0.2, -0.15) is 0 Å². The molecule has 0 aliphatic carbocycles. The lowest BCUT2D eigenvalue weighted by molar-refractivity contribution is 0.110. The Morgan fingerprint density at radius 3 is 2.85 bits per heavy atom. The number of nitrogens with zero attached hydrogens (tertiary/aromatic N) is 1. The van der Waals surface area contributed by atoms with Crippen LogP contribution in [0.25, 0.3) is 0 Å². The first kappa shape index (κ1) is 10.6. The molecule has 1 unspecified atom stereocenters. The Balaban J connectivity index is 2.89. The number of aromatic nitrogens is 1. The Morgan fingerprint density at radius 1 is 1.69 bits per heavy atom.